The monoisotopic (exact) mass is 172 g/mol. The molecule has 0 spiro atoms. The van der Waals surface area contributed by atoms with Crippen molar-refractivity contribution in [3.05, 3.63) is 27.7 Å². The molecule has 1 N–H and O–H groups in total. The highest BCUT2D eigenvalue weighted by Gasteiger charge is 2.20. The summed E-state index contributed by atoms with van der Waals surface area (Å²) in [5.41, 5.74) is -0.238. The van der Waals surface area contributed by atoms with E-state index in [1.54, 1.807) is 0 Å². The van der Waals surface area contributed by atoms with Gasteiger partial charge < -0.3 is 10.1 Å². The lowest BCUT2D eigenvalue weighted by Crippen LogP contribution is -1.97. The summed E-state index contributed by atoms with van der Waals surface area (Å²) in [5.74, 6) is -2.02. The van der Waals surface area contributed by atoms with E-state index in [1.807, 2.05) is 4.98 Å². The molecule has 0 fully saturated rings. The number of nitrogens with one attached hydrogen (secondary N) is 1. The van der Waals surface area contributed by atoms with Gasteiger partial charge in [0.2, 0.25) is 0 Å². The smallest absolute Gasteiger partial charge is 0.334 e. The molecule has 0 aromatic carbocycles. The molecule has 1 aromatic rings. The maximum absolute atomic E-state index is 12.4. The number of ketones is 1. The van der Waals surface area contributed by atoms with Crippen LogP contribution in [-0.4, -0.2) is 15.7 Å². The fourth-order valence-corrected chi connectivity index (χ4v) is 0.824. The molecule has 0 aliphatic rings. The molecule has 0 radical (unpaired) electrons. The molecule has 0 unspecified atom stereocenters. The van der Waals surface area contributed by atoms with Gasteiger partial charge in [-0.25, -0.2) is 4.98 Å². The molecular formula is C6H5FN2O3. The average Bonchev–Trinajstić information content (AvgIpc) is 2.31. The van der Waals surface area contributed by atoms with Gasteiger partial charge in [-0.1, -0.05) is 0 Å². The Morgan fingerprint density at radius 3 is 2.67 bits per heavy atom. The molecule has 0 aliphatic carbocycles. The number of halogens is 1. The number of Topliss-reactive ketones (excluding diaryl/α,β-unsaturated/α-hetero) is 1. The van der Waals surface area contributed by atoms with Crippen molar-refractivity contribution in [3.8, 4) is 0 Å². The Kier molecular flexibility index (Phi) is 1.90. The molecule has 64 valence electrons. The second kappa shape index (κ2) is 2.72. The zero-order chi connectivity index (χ0) is 9.30. The lowest BCUT2D eigenvalue weighted by Gasteiger charge is -1.91. The lowest BCUT2D eigenvalue weighted by molar-refractivity contribution is -0.389. The van der Waals surface area contributed by atoms with Gasteiger partial charge in [-0.05, 0) is 11.8 Å². The van der Waals surface area contributed by atoms with Crippen LogP contribution in [0, 0.1) is 16.1 Å². The number of hydrogen-bond acceptors (Lipinski definition) is 3. The highest BCUT2D eigenvalue weighted by Crippen LogP contribution is 2.18. The van der Waals surface area contributed by atoms with E-state index < -0.39 is 22.5 Å². The van der Waals surface area contributed by atoms with Crippen molar-refractivity contribution < 1.29 is 14.1 Å². The van der Waals surface area contributed by atoms with Gasteiger partial charge in [0.05, 0.1) is 0 Å². The van der Waals surface area contributed by atoms with Gasteiger partial charge in [0.15, 0.2) is 5.78 Å². The minimum absolute atomic E-state index is 0.238. The highest BCUT2D eigenvalue weighted by atomic mass is 19.1. The maximum Gasteiger partial charge on any atom is 0.334 e. The van der Waals surface area contributed by atoms with Crippen LogP contribution in [0.4, 0.5) is 10.2 Å². The molecule has 0 saturated heterocycles. The van der Waals surface area contributed by atoms with E-state index in [-0.39, 0.29) is 5.56 Å². The Labute approximate surface area is 66.4 Å². The molecule has 1 rings (SSSR count). The molecule has 0 amide bonds. The summed E-state index contributed by atoms with van der Waals surface area (Å²) in [6, 6.07) is 0.806. The molecule has 1 heterocycles. The van der Waals surface area contributed by atoms with Crippen LogP contribution in [0.25, 0.3) is 0 Å². The summed E-state index contributed by atoms with van der Waals surface area (Å²) in [6.45, 7) is 1.13. The van der Waals surface area contributed by atoms with Crippen LogP contribution in [0.2, 0.25) is 0 Å². The first-order valence-corrected chi connectivity index (χ1v) is 3.06. The Balaban J connectivity index is 3.26. The minimum Gasteiger partial charge on any atom is -0.358 e. The van der Waals surface area contributed by atoms with E-state index in [0.29, 0.717) is 0 Å². The van der Waals surface area contributed by atoms with Gasteiger partial charge in [0.1, 0.15) is 5.56 Å². The van der Waals surface area contributed by atoms with Gasteiger partial charge in [-0.3, -0.25) is 4.79 Å². The number of hydrogen-bond donors (Lipinski definition) is 1. The number of aromatic nitrogens is 1. The summed E-state index contributed by atoms with van der Waals surface area (Å²) in [4.78, 5) is 21.9. The molecule has 1 aromatic heterocycles. The highest BCUT2D eigenvalue weighted by molar-refractivity contribution is 5.97. The van der Waals surface area contributed by atoms with Crippen LogP contribution in [0.5, 0.6) is 0 Å². The van der Waals surface area contributed by atoms with Crippen molar-refractivity contribution in [1.29, 1.82) is 0 Å². The normalized spacial score (nSPS) is 9.83. The lowest BCUT2D eigenvalue weighted by atomic mass is 10.2. The van der Waals surface area contributed by atoms with Crippen LogP contribution < -0.4 is 0 Å². The maximum atomic E-state index is 12.4. The van der Waals surface area contributed by atoms with Crippen molar-refractivity contribution in [1.82, 2.24) is 4.98 Å². The van der Waals surface area contributed by atoms with Crippen LogP contribution in [0.1, 0.15) is 17.3 Å². The minimum atomic E-state index is -0.883. The Morgan fingerprint density at radius 2 is 2.33 bits per heavy atom. The van der Waals surface area contributed by atoms with E-state index in [1.165, 1.54) is 0 Å². The molecule has 12 heavy (non-hydrogen) atoms. The van der Waals surface area contributed by atoms with Gasteiger partial charge in [0.25, 0.3) is 5.95 Å². The van der Waals surface area contributed by atoms with Gasteiger partial charge >= 0.3 is 5.82 Å². The largest absolute Gasteiger partial charge is 0.358 e. The molecule has 0 aliphatic heterocycles. The van der Waals surface area contributed by atoms with E-state index >= 15 is 0 Å². The number of carbonyl (C=O) groups is 1. The molecular weight excluding hydrogens is 167 g/mol. The second-order valence-electron chi connectivity index (χ2n) is 2.19. The summed E-state index contributed by atoms with van der Waals surface area (Å²) in [5, 5.41) is 10.2. The van der Waals surface area contributed by atoms with Gasteiger partial charge in [0, 0.05) is 6.07 Å². The Bertz CT molecular complexity index is 313. The Morgan fingerprint density at radius 1 is 1.75 bits per heavy atom. The molecule has 0 bridgehead atoms. The fourth-order valence-electron chi connectivity index (χ4n) is 0.824. The second-order valence-corrected chi connectivity index (χ2v) is 2.19. The van der Waals surface area contributed by atoms with Gasteiger partial charge in [-0.2, -0.15) is 4.39 Å². The number of nitrogens with zero attached hydrogens (tertiary/aromatic N) is 1. The van der Waals surface area contributed by atoms with Gasteiger partial charge in [-0.15, -0.1) is 0 Å². The quantitative estimate of drug-likeness (QED) is 0.414. The van der Waals surface area contributed by atoms with E-state index in [4.69, 9.17) is 0 Å². The zero-order valence-electron chi connectivity index (χ0n) is 6.13. The predicted octanol–water partition coefficient (Wildman–Crippen LogP) is 1.26. The standard InChI is InChI=1S/C6H5FN2O3/c1-3(10)4-2-5(7)8-6(4)9(11)12/h2,8H,1H3. The topological polar surface area (TPSA) is 76.0 Å². The molecule has 0 atom stereocenters. The van der Waals surface area contributed by atoms with Crippen molar-refractivity contribution in [3.63, 3.8) is 0 Å². The van der Waals surface area contributed by atoms with E-state index in [9.17, 15) is 19.3 Å². The van der Waals surface area contributed by atoms with E-state index in [0.717, 1.165) is 13.0 Å². The Hall–Kier alpha value is -1.72. The first kappa shape index (κ1) is 8.38. The number of carbonyl (C=O) groups excluding carboxylic acids is 1. The third-order valence-electron chi connectivity index (χ3n) is 1.33. The first-order chi connectivity index (χ1) is 5.52. The summed E-state index contributed by atoms with van der Waals surface area (Å²) >= 11 is 0. The number of H-pyrrole nitrogens is 1. The van der Waals surface area contributed by atoms with Crippen LogP contribution in [0.15, 0.2) is 6.07 Å². The van der Waals surface area contributed by atoms with Crippen molar-refractivity contribution in [2.24, 2.45) is 0 Å². The zero-order valence-corrected chi connectivity index (χ0v) is 6.13. The number of nitro groups is 1. The van der Waals surface area contributed by atoms with Crippen molar-refractivity contribution in [2.75, 3.05) is 0 Å². The molecule has 5 nitrogen and oxygen atoms in total. The summed E-state index contributed by atoms with van der Waals surface area (Å²) in [7, 11) is 0. The third-order valence-corrected chi connectivity index (χ3v) is 1.33. The molecule has 0 saturated carbocycles. The van der Waals surface area contributed by atoms with Crippen LogP contribution >= 0.6 is 0 Å². The first-order valence-electron chi connectivity index (χ1n) is 3.06. The predicted molar refractivity (Wildman–Crippen MR) is 37.4 cm³/mol. The third kappa shape index (κ3) is 1.31. The average molecular weight is 172 g/mol. The SMILES string of the molecule is CC(=O)c1cc(F)[nH]c1[N+](=O)[O-]. The van der Waals surface area contributed by atoms with E-state index in [2.05, 4.69) is 0 Å². The number of rotatable bonds is 2. The summed E-state index contributed by atoms with van der Waals surface area (Å²) < 4.78 is 12.4. The van der Waals surface area contributed by atoms with Crippen molar-refractivity contribution in [2.45, 2.75) is 6.92 Å². The summed E-state index contributed by atoms with van der Waals surface area (Å²) in [6.07, 6.45) is 0. The van der Waals surface area contributed by atoms with Crippen LogP contribution in [0.3, 0.4) is 0 Å². The molecule has 6 heteroatoms. The van der Waals surface area contributed by atoms with Crippen molar-refractivity contribution >= 4 is 11.6 Å². The van der Waals surface area contributed by atoms with Crippen LogP contribution in [-0.2, 0) is 0 Å². The fraction of sp³-hybridized carbons (Fsp3) is 0.167. The number of aromatic amines is 1.